The second kappa shape index (κ2) is 11.1. The van der Waals surface area contributed by atoms with E-state index >= 15 is 0 Å². The van der Waals surface area contributed by atoms with Gasteiger partial charge >= 0.3 is 5.97 Å². The molecule has 0 aliphatic carbocycles. The number of fused-ring (bicyclic) bond motifs is 1. The Morgan fingerprint density at radius 2 is 1.97 bits per heavy atom. The third-order valence-corrected chi connectivity index (χ3v) is 5.71. The third-order valence-electron chi connectivity index (χ3n) is 5.39. The summed E-state index contributed by atoms with van der Waals surface area (Å²) in [7, 11) is 0. The van der Waals surface area contributed by atoms with Gasteiger partial charge in [0, 0.05) is 18.2 Å². The van der Waals surface area contributed by atoms with Gasteiger partial charge in [0.1, 0.15) is 11.3 Å². The van der Waals surface area contributed by atoms with E-state index in [1.165, 1.54) is 0 Å². The van der Waals surface area contributed by atoms with Gasteiger partial charge < -0.3 is 19.6 Å². The van der Waals surface area contributed by atoms with Gasteiger partial charge in [-0.2, -0.15) is 0 Å². The van der Waals surface area contributed by atoms with Gasteiger partial charge in [-0.15, -0.1) is 0 Å². The molecule has 3 aromatic carbocycles. The summed E-state index contributed by atoms with van der Waals surface area (Å²) in [5.41, 5.74) is 5.04. The quantitative estimate of drug-likeness (QED) is 0.236. The molecule has 0 aliphatic heterocycles. The summed E-state index contributed by atoms with van der Waals surface area (Å²) < 4.78 is 12.1. The van der Waals surface area contributed by atoms with Crippen LogP contribution >= 0.6 is 11.6 Å². The van der Waals surface area contributed by atoms with Crippen molar-refractivity contribution in [3.05, 3.63) is 76.8 Å². The first kappa shape index (κ1) is 23.6. The van der Waals surface area contributed by atoms with Gasteiger partial charge in [-0.3, -0.25) is 4.79 Å². The standard InChI is InChI=1S/C27H27ClN2O4/c1-2-7-20-16-25-23(30-27(34-25)19-8-4-3-5-9-19)17-24(20)33-13-6-12-29-22-11-10-18(14-21(22)28)15-26(31)32/h3-5,8-11,14,16-17,29H,2,6-7,12-13,15H2,1H3,(H,31,32). The highest BCUT2D eigenvalue weighted by Crippen LogP contribution is 2.31. The number of aliphatic carboxylic acids is 1. The summed E-state index contributed by atoms with van der Waals surface area (Å²) in [6, 6.07) is 19.1. The third kappa shape index (κ3) is 5.88. The van der Waals surface area contributed by atoms with E-state index in [1.54, 1.807) is 12.1 Å². The summed E-state index contributed by atoms with van der Waals surface area (Å²) in [6.45, 7) is 3.35. The lowest BCUT2D eigenvalue weighted by atomic mass is 10.1. The Kier molecular flexibility index (Phi) is 7.70. The fraction of sp³-hybridized carbons (Fsp3) is 0.259. The molecule has 1 aromatic heterocycles. The van der Waals surface area contributed by atoms with E-state index in [4.69, 9.17) is 25.9 Å². The van der Waals surface area contributed by atoms with Crippen molar-refractivity contribution in [3.63, 3.8) is 0 Å². The number of hydrogen-bond acceptors (Lipinski definition) is 5. The molecule has 176 valence electrons. The number of nitrogens with zero attached hydrogens (tertiary/aromatic N) is 1. The van der Waals surface area contributed by atoms with E-state index in [0.717, 1.165) is 52.9 Å². The van der Waals surface area contributed by atoms with E-state index in [1.807, 2.05) is 48.5 Å². The molecule has 2 N–H and O–H groups in total. The van der Waals surface area contributed by atoms with Crippen LogP contribution in [0.25, 0.3) is 22.6 Å². The second-order valence-corrected chi connectivity index (χ2v) is 8.48. The molecule has 0 unspecified atom stereocenters. The number of carbonyl (C=O) groups is 1. The van der Waals surface area contributed by atoms with E-state index in [2.05, 4.69) is 17.2 Å². The van der Waals surface area contributed by atoms with Crippen LogP contribution in [-0.2, 0) is 17.6 Å². The van der Waals surface area contributed by atoms with Crippen molar-refractivity contribution in [1.82, 2.24) is 4.98 Å². The van der Waals surface area contributed by atoms with Crippen molar-refractivity contribution < 1.29 is 19.1 Å². The molecule has 0 bridgehead atoms. The highest BCUT2D eigenvalue weighted by atomic mass is 35.5. The summed E-state index contributed by atoms with van der Waals surface area (Å²) in [5.74, 6) is 0.556. The van der Waals surface area contributed by atoms with Crippen LogP contribution in [0.5, 0.6) is 5.75 Å². The van der Waals surface area contributed by atoms with Crippen LogP contribution in [0.15, 0.2) is 65.1 Å². The molecule has 0 spiro atoms. The number of rotatable bonds is 11. The van der Waals surface area contributed by atoms with E-state index in [9.17, 15) is 4.79 Å². The molecule has 4 aromatic rings. The minimum absolute atomic E-state index is 0.0450. The molecular weight excluding hydrogens is 452 g/mol. The van der Waals surface area contributed by atoms with Crippen molar-refractivity contribution >= 4 is 34.4 Å². The maximum atomic E-state index is 10.8. The second-order valence-electron chi connectivity index (χ2n) is 8.08. The Bertz CT molecular complexity index is 1270. The van der Waals surface area contributed by atoms with Crippen LogP contribution in [-0.4, -0.2) is 29.2 Å². The van der Waals surface area contributed by atoms with Gasteiger partial charge in [0.25, 0.3) is 0 Å². The number of hydrogen-bond donors (Lipinski definition) is 2. The number of carboxylic acids is 1. The molecule has 0 amide bonds. The van der Waals surface area contributed by atoms with Crippen LogP contribution in [0, 0.1) is 0 Å². The van der Waals surface area contributed by atoms with Gasteiger partial charge in [-0.1, -0.05) is 49.2 Å². The lowest BCUT2D eigenvalue weighted by Gasteiger charge is -2.12. The van der Waals surface area contributed by atoms with Crippen molar-refractivity contribution in [1.29, 1.82) is 0 Å². The average molecular weight is 479 g/mol. The average Bonchev–Trinajstić information content (AvgIpc) is 3.23. The Labute approximate surface area is 203 Å². The van der Waals surface area contributed by atoms with Gasteiger partial charge in [0.05, 0.1) is 23.7 Å². The molecule has 0 fully saturated rings. The van der Waals surface area contributed by atoms with Crippen molar-refractivity contribution in [3.8, 4) is 17.2 Å². The lowest BCUT2D eigenvalue weighted by Crippen LogP contribution is -2.09. The normalized spacial score (nSPS) is 11.0. The maximum Gasteiger partial charge on any atom is 0.307 e. The summed E-state index contributed by atoms with van der Waals surface area (Å²) in [6.07, 6.45) is 2.62. The highest BCUT2D eigenvalue weighted by Gasteiger charge is 2.13. The summed E-state index contributed by atoms with van der Waals surface area (Å²) in [4.78, 5) is 15.5. The van der Waals surface area contributed by atoms with Crippen LogP contribution < -0.4 is 10.1 Å². The van der Waals surface area contributed by atoms with Crippen molar-refractivity contribution in [2.75, 3.05) is 18.5 Å². The van der Waals surface area contributed by atoms with Gasteiger partial charge in [0.15, 0.2) is 5.58 Å². The Morgan fingerprint density at radius 1 is 1.15 bits per heavy atom. The van der Waals surface area contributed by atoms with Crippen molar-refractivity contribution in [2.24, 2.45) is 0 Å². The minimum atomic E-state index is -0.878. The molecule has 4 rings (SSSR count). The van der Waals surface area contributed by atoms with E-state index in [0.29, 0.717) is 29.6 Å². The van der Waals surface area contributed by atoms with Gasteiger partial charge in [0.2, 0.25) is 5.89 Å². The summed E-state index contributed by atoms with van der Waals surface area (Å²) >= 11 is 6.28. The predicted octanol–water partition coefficient (Wildman–Crippen LogP) is 6.61. The molecule has 0 saturated heterocycles. The fourth-order valence-corrected chi connectivity index (χ4v) is 4.03. The van der Waals surface area contributed by atoms with Crippen LogP contribution in [0.2, 0.25) is 5.02 Å². The predicted molar refractivity (Wildman–Crippen MR) is 135 cm³/mol. The molecule has 0 aliphatic rings. The number of nitrogens with one attached hydrogen (secondary N) is 1. The molecule has 7 heteroatoms. The fourth-order valence-electron chi connectivity index (χ4n) is 3.76. The minimum Gasteiger partial charge on any atom is -0.493 e. The van der Waals surface area contributed by atoms with Crippen LogP contribution in [0.3, 0.4) is 0 Å². The highest BCUT2D eigenvalue weighted by molar-refractivity contribution is 6.33. The number of aromatic nitrogens is 1. The van der Waals surface area contributed by atoms with Gasteiger partial charge in [-0.05, 0) is 54.3 Å². The number of ether oxygens (including phenoxy) is 1. The Balaban J connectivity index is 1.37. The Morgan fingerprint density at radius 3 is 2.71 bits per heavy atom. The molecule has 0 radical (unpaired) electrons. The number of aryl methyl sites for hydroxylation is 1. The number of benzene rings is 3. The Hall–Kier alpha value is -3.51. The topological polar surface area (TPSA) is 84.6 Å². The monoisotopic (exact) mass is 478 g/mol. The molecule has 34 heavy (non-hydrogen) atoms. The number of oxazole rings is 1. The zero-order valence-corrected chi connectivity index (χ0v) is 19.8. The number of carboxylic acid groups (broad SMARTS) is 1. The first-order valence-electron chi connectivity index (χ1n) is 11.4. The lowest BCUT2D eigenvalue weighted by molar-refractivity contribution is -0.136. The van der Waals surface area contributed by atoms with E-state index < -0.39 is 5.97 Å². The SMILES string of the molecule is CCCc1cc2oc(-c3ccccc3)nc2cc1OCCCNc1ccc(CC(=O)O)cc1Cl. The zero-order chi connectivity index (χ0) is 23.9. The largest absolute Gasteiger partial charge is 0.493 e. The summed E-state index contributed by atoms with van der Waals surface area (Å²) in [5, 5.41) is 12.7. The van der Waals surface area contributed by atoms with Crippen LogP contribution in [0.1, 0.15) is 30.9 Å². The smallest absolute Gasteiger partial charge is 0.307 e. The van der Waals surface area contributed by atoms with Crippen LogP contribution in [0.4, 0.5) is 5.69 Å². The molecule has 0 saturated carbocycles. The molecule has 1 heterocycles. The van der Waals surface area contributed by atoms with Crippen molar-refractivity contribution in [2.45, 2.75) is 32.6 Å². The maximum absolute atomic E-state index is 10.8. The van der Waals surface area contributed by atoms with Gasteiger partial charge in [-0.25, -0.2) is 4.98 Å². The first-order valence-corrected chi connectivity index (χ1v) is 11.8. The first-order chi connectivity index (χ1) is 16.5. The molecule has 6 nitrogen and oxygen atoms in total. The number of anilines is 1. The van der Waals surface area contributed by atoms with E-state index in [-0.39, 0.29) is 6.42 Å². The number of halogens is 1. The molecular formula is C27H27ClN2O4. The molecule has 0 atom stereocenters. The zero-order valence-electron chi connectivity index (χ0n) is 19.0.